The van der Waals surface area contributed by atoms with E-state index in [1.807, 2.05) is 0 Å². The minimum atomic E-state index is -0.871. The number of aliphatic hydroxyl groups excluding tert-OH is 7. The van der Waals surface area contributed by atoms with E-state index in [9.17, 15) is 19.2 Å². The molecule has 52 nitrogen and oxygen atoms in total. The van der Waals surface area contributed by atoms with Crippen LogP contribution in [0.3, 0.4) is 0 Å². The smallest absolute Gasteiger partial charge is 0.351 e. The number of nitrogens with zero attached hydrogens (tertiary/aromatic N) is 21. The molecule has 7 aliphatic rings. The molecule has 0 bridgehead atoms. The Bertz CT molecular complexity index is 5190. The number of H-pyrrole nitrogens is 1. The van der Waals surface area contributed by atoms with Crippen LogP contribution in [0.15, 0.2) is 87.5 Å². The van der Waals surface area contributed by atoms with Gasteiger partial charge in [0.25, 0.3) is 5.56 Å². The van der Waals surface area contributed by atoms with Gasteiger partial charge in [-0.25, -0.2) is 39.3 Å². The number of ether oxygens (including phenoxy) is 11. The van der Waals surface area contributed by atoms with E-state index < -0.39 is 78.3 Å². The summed E-state index contributed by atoms with van der Waals surface area (Å²) in [4.78, 5) is 103. The van der Waals surface area contributed by atoms with Crippen LogP contribution in [0, 0.1) is 0 Å². The largest absolute Gasteiger partial charge is 0.394 e. The third-order valence-corrected chi connectivity index (χ3v) is 19.0. The van der Waals surface area contributed by atoms with Crippen LogP contribution in [-0.2, 0) is 52.1 Å². The van der Waals surface area contributed by atoms with E-state index in [1.54, 1.807) is 55.3 Å². The molecule has 0 saturated carbocycles. The van der Waals surface area contributed by atoms with Crippen molar-refractivity contribution in [1.29, 1.82) is 0 Å². The highest BCUT2D eigenvalue weighted by Gasteiger charge is 2.35. The summed E-state index contributed by atoms with van der Waals surface area (Å²) in [5, 5.41) is 62.8. The maximum absolute atomic E-state index is 11.6. The van der Waals surface area contributed by atoms with Crippen LogP contribution in [0.4, 0.5) is 47.1 Å². The molecule has 55 heteroatoms. The number of nitrogen functional groups attached to an aromatic ring is 8. The van der Waals surface area contributed by atoms with E-state index in [-0.39, 0.29) is 141 Å². The molecule has 7 aliphatic heterocycles. The fourth-order valence-corrected chi connectivity index (χ4v) is 13.3. The minimum Gasteiger partial charge on any atom is -0.394 e. The van der Waals surface area contributed by atoms with Gasteiger partial charge in [0.15, 0.2) is 95.4 Å². The van der Waals surface area contributed by atoms with Gasteiger partial charge in [0.1, 0.15) is 51.9 Å². The van der Waals surface area contributed by atoms with E-state index in [0.717, 1.165) is 6.42 Å². The summed E-state index contributed by atoms with van der Waals surface area (Å²) in [6.07, 6.45) is 8.14. The second-order valence-corrected chi connectivity index (χ2v) is 27.0. The molecule has 0 aliphatic carbocycles. The van der Waals surface area contributed by atoms with Crippen molar-refractivity contribution in [3.8, 4) is 0 Å². The first kappa shape index (κ1) is 83.7. The van der Waals surface area contributed by atoms with E-state index >= 15 is 0 Å². The quantitative estimate of drug-likeness (QED) is 0.0480. The van der Waals surface area contributed by atoms with Gasteiger partial charge in [0.05, 0.1) is 104 Å². The van der Waals surface area contributed by atoms with E-state index in [4.69, 9.17) is 145 Å². The number of aliphatic hydroxyl groups is 7. The van der Waals surface area contributed by atoms with Gasteiger partial charge in [-0.1, -0.05) is 23.4 Å². The van der Waals surface area contributed by atoms with Crippen LogP contribution < -0.4 is 68.5 Å². The van der Waals surface area contributed by atoms with Crippen LogP contribution in [0.25, 0.3) is 44.7 Å². The average Bonchev–Trinajstić information content (AvgIpc) is 1.65. The van der Waals surface area contributed by atoms with E-state index in [0.29, 0.717) is 70.3 Å². The summed E-state index contributed by atoms with van der Waals surface area (Å²) in [7, 11) is 0. The van der Waals surface area contributed by atoms with Crippen molar-refractivity contribution < 1.29 is 87.9 Å². The number of hydrogen-bond donors (Lipinski definition) is 16. The van der Waals surface area contributed by atoms with Gasteiger partial charge in [-0.15, -0.1) is 11.8 Å². The molecule has 18 rings (SSSR count). The summed E-state index contributed by atoms with van der Waals surface area (Å²) in [5.74, 6) is 2.25. The van der Waals surface area contributed by atoms with Crippen molar-refractivity contribution in [3.05, 3.63) is 115 Å². The molecule has 618 valence electrons. The molecule has 11 aromatic heterocycles. The first-order valence-electron chi connectivity index (χ1n) is 34.2. The zero-order chi connectivity index (χ0) is 81.7. The Kier molecular flexibility index (Phi) is 27.8. The van der Waals surface area contributed by atoms with Crippen molar-refractivity contribution in [2.75, 3.05) is 123 Å². The van der Waals surface area contributed by atoms with Crippen LogP contribution in [0.1, 0.15) is 56.4 Å². The average molecular weight is 1670 g/mol. The SMILES string of the molecule is Nc1ccn(C2CCC(CO)O2)c(=O)n1.Nc1ccn(C2CSC(CO)O2)c(=O)n1.Nc1ccn(C2CSC(O)O2)c(=O)n1.Nc1nc(Cl)c2ncn(C3COC(CO)O3)c2n1.Nc1nc(N)c2ncn(C3COC(CO)O3)c2n1.Nc1nc2c(ncn2C2COC(CO)O2)c(=O)[nH]1.Nc1ncc2ncn(C3COC(CO)O3)c2n1. The van der Waals surface area contributed by atoms with Gasteiger partial charge < -0.3 is 134 Å². The van der Waals surface area contributed by atoms with Crippen molar-refractivity contribution in [2.45, 2.75) is 98.8 Å². The standard InChI is InChI=1S/C9H10ClN5O3.C9H12N6O3.C9H11N5O4.C9H11N5O3.C9H13N3O3.C8H11N3O3S.C7H9N3O3S/c2*10-7-6-8(14-9(11)13-7)15(3-12-6)4-2-17-5(1-16)18-4;10-9-12-7-6(8(16)13-9)11-3-14(7)4-2-17-5(1-15)18-4;10-9-11-1-5-8(13-9)14(4-12-5)6-3-16-7(2-15)17-6;10-7-3-4-12(9(14)11-7)8-2-1-6(5-13)15-8;9-5-1-2-11(8(13)10-5)6-4-15-7(3-12)14-6;8-4-1-2-10(6(11)9-4)5-3-14-7(12)13-5/h3-5,16H,1-2H2,(H2,11,13,14);3-5,16H,1-2H2,(H4,10,11,13,14);3-5,15H,1-2H2,(H3,10,12,13,16);1,4,6-7,15H,2-3H2,(H2,10,11,13);3-4,6,8,13H,1-2,5H2,(H2,10,11,14);1-2,6-7,12H,3-4H2,(H2,9,10,13);1-2,5,7,12H,3H2,(H2,8,9,11). The van der Waals surface area contributed by atoms with Crippen molar-refractivity contribution in [2.24, 2.45) is 0 Å². The van der Waals surface area contributed by atoms with Crippen molar-refractivity contribution in [1.82, 2.24) is 107 Å². The lowest BCUT2D eigenvalue weighted by atomic mass is 10.2. The molecule has 0 radical (unpaired) electrons. The molecule has 0 spiro atoms. The van der Waals surface area contributed by atoms with Crippen LogP contribution in [-0.4, -0.2) is 262 Å². The summed E-state index contributed by atoms with van der Waals surface area (Å²) < 4.78 is 69.2. The van der Waals surface area contributed by atoms with Crippen LogP contribution in [0.5, 0.6) is 0 Å². The second-order valence-electron chi connectivity index (χ2n) is 24.4. The number of rotatable bonds is 13. The molecule has 0 amide bonds. The van der Waals surface area contributed by atoms with Crippen LogP contribution in [0.2, 0.25) is 5.15 Å². The molecule has 18 heterocycles. The van der Waals surface area contributed by atoms with Crippen molar-refractivity contribution in [3.63, 3.8) is 0 Å². The Labute approximate surface area is 656 Å². The van der Waals surface area contributed by atoms with E-state index in [2.05, 4.69) is 74.8 Å². The topological polar surface area (TPSA) is 750 Å². The first-order valence-corrected chi connectivity index (χ1v) is 36.6. The Morgan fingerprint density at radius 1 is 0.426 bits per heavy atom. The summed E-state index contributed by atoms with van der Waals surface area (Å²) in [6, 6.07) is 4.61. The number of aromatic amines is 1. The summed E-state index contributed by atoms with van der Waals surface area (Å²) in [6.45, 7) is 0.249. The Balaban J connectivity index is 0.000000124. The maximum atomic E-state index is 11.6. The highest BCUT2D eigenvalue weighted by molar-refractivity contribution is 8.00. The predicted octanol–water partition coefficient (Wildman–Crippen LogP) is -5.12. The lowest BCUT2D eigenvalue weighted by Crippen LogP contribution is -2.28. The first-order chi connectivity index (χ1) is 55.4. The number of aromatic nitrogens is 22. The Morgan fingerprint density at radius 3 is 1.31 bits per heavy atom. The number of nitrogens with two attached hydrogens (primary N) is 8. The molecular formula is C60H77ClN30O22S2. The van der Waals surface area contributed by atoms with Crippen molar-refractivity contribution >= 4 is 127 Å². The molecule has 0 aromatic carbocycles. The molecule has 14 unspecified atom stereocenters. The minimum absolute atomic E-state index is 0.00636. The lowest BCUT2D eigenvalue weighted by molar-refractivity contribution is -0.0981. The highest BCUT2D eigenvalue weighted by Crippen LogP contribution is 2.34. The van der Waals surface area contributed by atoms with Gasteiger partial charge in [-0.2, -0.15) is 44.9 Å². The summed E-state index contributed by atoms with van der Waals surface area (Å²) >= 11 is 8.61. The van der Waals surface area contributed by atoms with Gasteiger partial charge in [0, 0.05) is 30.1 Å². The molecule has 7 saturated heterocycles. The third-order valence-electron chi connectivity index (χ3n) is 16.7. The van der Waals surface area contributed by atoms with Gasteiger partial charge in [-0.05, 0) is 31.0 Å². The third kappa shape index (κ3) is 20.3. The molecule has 115 heavy (non-hydrogen) atoms. The molecule has 7 fully saturated rings. The monoisotopic (exact) mass is 1670 g/mol. The zero-order valence-electron chi connectivity index (χ0n) is 59.8. The predicted molar refractivity (Wildman–Crippen MR) is 400 cm³/mol. The Morgan fingerprint density at radius 2 is 0.861 bits per heavy atom. The number of halogens is 1. The number of hydrogen-bond acceptors (Lipinski definition) is 46. The molecule has 14 atom stereocenters. The Hall–Kier alpha value is -10.7. The maximum Gasteiger partial charge on any atom is 0.351 e. The highest BCUT2D eigenvalue weighted by atomic mass is 35.5. The summed E-state index contributed by atoms with van der Waals surface area (Å²) in [5.41, 5.74) is 44.6. The molecular weight excluding hydrogens is 1590 g/mol. The zero-order valence-corrected chi connectivity index (χ0v) is 62.2. The second kappa shape index (κ2) is 38.2. The number of thioether (sulfide) groups is 2. The van der Waals surface area contributed by atoms with Crippen LogP contribution >= 0.6 is 35.1 Å². The number of fused-ring (bicyclic) bond motifs is 4. The molecule has 11 aromatic rings. The normalized spacial score (nSPS) is 24.8. The van der Waals surface area contributed by atoms with Gasteiger partial charge in [-0.3, -0.25) is 41.7 Å². The number of imidazole rings is 4. The fraction of sp³-hybridized carbons (Fsp3) is 0.467. The lowest BCUT2D eigenvalue weighted by Gasteiger charge is -2.14. The van der Waals surface area contributed by atoms with E-state index in [1.165, 1.54) is 68.5 Å². The molecule has 24 N–H and O–H groups in total. The fourth-order valence-electron chi connectivity index (χ4n) is 11.4. The van der Waals surface area contributed by atoms with Gasteiger partial charge >= 0.3 is 17.1 Å². The number of nitrogens with one attached hydrogen (secondary N) is 1. The van der Waals surface area contributed by atoms with Gasteiger partial charge in [0.2, 0.25) is 29.4 Å². The number of anilines is 8.